The maximum absolute atomic E-state index is 4.93. The third-order valence-electron chi connectivity index (χ3n) is 6.84. The Morgan fingerprint density at radius 1 is 1.06 bits per heavy atom. The van der Waals surface area contributed by atoms with Gasteiger partial charge < -0.3 is 0 Å². The van der Waals surface area contributed by atoms with Crippen molar-refractivity contribution in [3.8, 4) is 0 Å². The standard InChI is InChI=1S/C27H29Si.2ClH.Zr/c1-6-22-18(3)16-24(20(22)5)27(21-11-8-7-9-12-21)25-15-17(2)19(4)23(25)13-10-14-26(27)28;;;/h7-14H,6,16,28H2,1-5H3;2*1H;/q-1;;;+2/p-2. The third kappa shape index (κ3) is 4.26. The number of fused-ring (bicyclic) bond motifs is 1. The predicted octanol–water partition coefficient (Wildman–Crippen LogP) is 7.13. The summed E-state index contributed by atoms with van der Waals surface area (Å²) in [5, 5.41) is 1.41. The molecule has 4 heteroatoms. The summed E-state index contributed by atoms with van der Waals surface area (Å²) in [6, 6.07) is 11.1. The Hall–Kier alpha value is -0.790. The quantitative estimate of drug-likeness (QED) is 0.281. The second-order valence-corrected chi connectivity index (χ2v) is 12.8. The molecule has 3 aliphatic carbocycles. The normalized spacial score (nSPS) is 22.7. The van der Waals surface area contributed by atoms with Crippen molar-refractivity contribution in [1.29, 1.82) is 0 Å². The number of rotatable bonds is 3. The summed E-state index contributed by atoms with van der Waals surface area (Å²) < 4.78 is 0. The first-order valence-corrected chi connectivity index (χ1v) is 17.7. The minimum absolute atomic E-state index is 0.236. The van der Waals surface area contributed by atoms with Gasteiger partial charge in [-0.05, 0) is 58.8 Å². The van der Waals surface area contributed by atoms with Crippen LogP contribution in [0.4, 0.5) is 0 Å². The first kappa shape index (κ1) is 24.8. The van der Waals surface area contributed by atoms with Gasteiger partial charge in [0.05, 0.1) is 0 Å². The molecule has 0 radical (unpaired) electrons. The summed E-state index contributed by atoms with van der Waals surface area (Å²) in [4.78, 5) is 0. The van der Waals surface area contributed by atoms with Crippen LogP contribution in [0.5, 0.6) is 0 Å². The zero-order chi connectivity index (χ0) is 22.8. The van der Waals surface area contributed by atoms with Gasteiger partial charge in [-0.15, -0.1) is 11.6 Å². The molecule has 0 nitrogen and oxygen atoms in total. The fraction of sp³-hybridized carbons (Fsp3) is 0.296. The van der Waals surface area contributed by atoms with Crippen LogP contribution in [0.2, 0.25) is 0 Å². The topological polar surface area (TPSA) is 0 Å². The molecular weight excluding hydrogens is 515 g/mol. The van der Waals surface area contributed by atoms with Crippen molar-refractivity contribution in [3.63, 3.8) is 0 Å². The molecule has 0 saturated heterocycles. The van der Waals surface area contributed by atoms with Gasteiger partial charge in [0.1, 0.15) is 0 Å². The van der Waals surface area contributed by atoms with Gasteiger partial charge in [0.15, 0.2) is 0 Å². The van der Waals surface area contributed by atoms with Crippen LogP contribution in [-0.4, -0.2) is 15.0 Å². The molecule has 31 heavy (non-hydrogen) atoms. The Kier molecular flexibility index (Phi) is 8.36. The van der Waals surface area contributed by atoms with Gasteiger partial charge in [-0.3, -0.25) is 0 Å². The van der Waals surface area contributed by atoms with E-state index in [9.17, 15) is 0 Å². The van der Waals surface area contributed by atoms with Crippen molar-refractivity contribution >= 4 is 32.0 Å². The molecule has 1 atom stereocenters. The number of hydrogen-bond donors (Lipinski definition) is 0. The van der Waals surface area contributed by atoms with Crippen LogP contribution in [0, 0.1) is 6.08 Å². The molecule has 0 spiro atoms. The fourth-order valence-corrected chi connectivity index (χ4v) is 6.04. The Bertz CT molecular complexity index is 1080. The van der Waals surface area contributed by atoms with Gasteiger partial charge >= 0.3 is 37.9 Å². The van der Waals surface area contributed by atoms with Gasteiger partial charge in [-0.25, -0.2) is 0 Å². The van der Waals surface area contributed by atoms with Crippen LogP contribution in [0.1, 0.15) is 53.0 Å². The van der Waals surface area contributed by atoms with Gasteiger partial charge in [0.2, 0.25) is 0 Å². The fourth-order valence-electron chi connectivity index (χ4n) is 5.31. The Balaban J connectivity index is 0.000000858. The summed E-state index contributed by atoms with van der Waals surface area (Å²) >= 11 is -0.826. The van der Waals surface area contributed by atoms with Crippen LogP contribution in [0.3, 0.4) is 0 Å². The van der Waals surface area contributed by atoms with Crippen LogP contribution in [0.25, 0.3) is 0 Å². The van der Waals surface area contributed by atoms with E-state index in [-0.39, 0.29) is 5.41 Å². The number of hydrogen-bond acceptors (Lipinski definition) is 0. The van der Waals surface area contributed by atoms with Crippen LogP contribution in [-0.2, 0) is 26.3 Å². The van der Waals surface area contributed by atoms with Crippen molar-refractivity contribution in [3.05, 3.63) is 105 Å². The zero-order valence-electron chi connectivity index (χ0n) is 19.0. The first-order chi connectivity index (χ1) is 14.8. The Labute approximate surface area is 209 Å². The molecule has 1 aromatic rings. The van der Waals surface area contributed by atoms with Crippen LogP contribution >= 0.6 is 17.0 Å². The molecular formula is C27H29Cl2SiZr-. The van der Waals surface area contributed by atoms with Gasteiger partial charge in [0, 0.05) is 5.41 Å². The van der Waals surface area contributed by atoms with Gasteiger partial charge in [-0.1, -0.05) is 74.0 Å². The van der Waals surface area contributed by atoms with E-state index in [0.717, 1.165) is 12.8 Å². The van der Waals surface area contributed by atoms with E-state index in [0.29, 0.717) is 0 Å². The third-order valence-corrected chi connectivity index (χ3v) is 7.61. The molecule has 0 fully saturated rings. The van der Waals surface area contributed by atoms with Crippen molar-refractivity contribution in [2.45, 2.75) is 52.9 Å². The maximum atomic E-state index is 4.93. The summed E-state index contributed by atoms with van der Waals surface area (Å²) in [5.41, 5.74) is 12.5. The van der Waals surface area contributed by atoms with Crippen LogP contribution in [0.15, 0.2) is 93.1 Å². The van der Waals surface area contributed by atoms with E-state index in [1.54, 1.807) is 11.1 Å². The summed E-state index contributed by atoms with van der Waals surface area (Å²) in [6.07, 6.45) is 12.8. The predicted molar refractivity (Wildman–Crippen MR) is 136 cm³/mol. The van der Waals surface area contributed by atoms with E-state index in [1.807, 2.05) is 9.85 Å². The molecule has 0 saturated carbocycles. The van der Waals surface area contributed by atoms with Gasteiger partial charge in [0.25, 0.3) is 0 Å². The monoisotopic (exact) mass is 541 g/mol. The molecule has 4 rings (SSSR count). The zero-order valence-corrected chi connectivity index (χ0v) is 24.4. The molecule has 0 N–H and O–H groups in total. The molecule has 0 aliphatic heterocycles. The molecule has 3 aliphatic rings. The average Bonchev–Trinajstić information content (AvgIpc) is 3.14. The molecule has 0 aromatic heterocycles. The van der Waals surface area contributed by atoms with Crippen molar-refractivity contribution in [1.82, 2.24) is 0 Å². The van der Waals surface area contributed by atoms with Crippen molar-refractivity contribution < 1.29 is 20.8 Å². The summed E-state index contributed by atoms with van der Waals surface area (Å²) in [7, 11) is 11.9. The molecule has 1 unspecified atom stereocenters. The van der Waals surface area contributed by atoms with E-state index in [2.05, 4.69) is 89.3 Å². The SMILES string of the molecule is CCC1=C(C)CC(C2(c3ccccc3)C(=[SiH2])C=CC=C3C2=[C-]C(C)=C3C)=C1C.[Cl][Zr][Cl]. The molecule has 0 heterocycles. The summed E-state index contributed by atoms with van der Waals surface area (Å²) in [5.74, 6) is 0. The second-order valence-electron chi connectivity index (χ2n) is 8.29. The van der Waals surface area contributed by atoms with Crippen LogP contribution < -0.4 is 0 Å². The molecule has 0 bridgehead atoms. The number of allylic oxidation sites excluding steroid dienone is 12. The van der Waals surface area contributed by atoms with E-state index >= 15 is 0 Å². The average molecular weight is 544 g/mol. The van der Waals surface area contributed by atoms with Gasteiger partial charge in [-0.2, -0.15) is 22.8 Å². The molecule has 0 amide bonds. The summed E-state index contributed by atoms with van der Waals surface area (Å²) in [6.45, 7) is 11.4. The second kappa shape index (κ2) is 10.4. The number of benzene rings is 1. The van der Waals surface area contributed by atoms with E-state index in [1.165, 1.54) is 44.2 Å². The Morgan fingerprint density at radius 3 is 2.29 bits per heavy atom. The van der Waals surface area contributed by atoms with Crippen molar-refractivity contribution in [2.75, 3.05) is 0 Å². The molecule has 160 valence electrons. The molecule has 1 aromatic carbocycles. The van der Waals surface area contributed by atoms with E-state index in [4.69, 9.17) is 17.0 Å². The number of halogens is 2. The van der Waals surface area contributed by atoms with Crippen molar-refractivity contribution in [2.24, 2.45) is 0 Å². The first-order valence-electron chi connectivity index (χ1n) is 10.7. The van der Waals surface area contributed by atoms with E-state index < -0.39 is 20.8 Å². The minimum atomic E-state index is -0.826. The Morgan fingerprint density at radius 2 is 1.71 bits per heavy atom.